The van der Waals surface area contributed by atoms with E-state index < -0.39 is 12.0 Å². The Bertz CT molecular complexity index is 464. The molecular weight excluding hydrogens is 314 g/mol. The largest absolute Gasteiger partial charge is 0.497 e. The van der Waals surface area contributed by atoms with Crippen LogP contribution in [0.3, 0.4) is 0 Å². The first-order chi connectivity index (χ1) is 9.04. The van der Waals surface area contributed by atoms with Gasteiger partial charge in [0.1, 0.15) is 5.75 Å². The smallest absolute Gasteiger partial charge is 0.331 e. The molecule has 0 aliphatic heterocycles. The van der Waals surface area contributed by atoms with Gasteiger partial charge in [-0.3, -0.25) is 4.79 Å². The van der Waals surface area contributed by atoms with Crippen LogP contribution in [-0.2, 0) is 9.59 Å². The Morgan fingerprint density at radius 2 is 2.26 bits per heavy atom. The molecule has 1 aromatic rings. The second-order valence-electron chi connectivity index (χ2n) is 3.97. The summed E-state index contributed by atoms with van der Waals surface area (Å²) in [6.45, 7) is 2.26. The molecule has 1 rings (SSSR count). The van der Waals surface area contributed by atoms with Crippen molar-refractivity contribution in [1.82, 2.24) is 4.90 Å². The van der Waals surface area contributed by atoms with Gasteiger partial charge < -0.3 is 14.7 Å². The molecule has 1 N–H and O–H groups in total. The minimum Gasteiger partial charge on any atom is -0.497 e. The lowest BCUT2D eigenvalue weighted by molar-refractivity contribution is -0.146. The van der Waals surface area contributed by atoms with E-state index in [0.29, 0.717) is 35.2 Å². The second-order valence-corrected chi connectivity index (χ2v) is 4.83. The molecule has 1 amide bonds. The number of methoxy groups -OCH3 is 1. The van der Waals surface area contributed by atoms with Gasteiger partial charge in [-0.25, -0.2) is 4.79 Å². The summed E-state index contributed by atoms with van der Waals surface area (Å²) >= 11 is 3.32. The number of ether oxygens (including phenoxy) is 1. The van der Waals surface area contributed by atoms with Crippen molar-refractivity contribution in [2.45, 2.75) is 19.4 Å². The van der Waals surface area contributed by atoms with Crippen molar-refractivity contribution < 1.29 is 19.4 Å². The highest BCUT2D eigenvalue weighted by Crippen LogP contribution is 2.31. The summed E-state index contributed by atoms with van der Waals surface area (Å²) in [5.74, 6) is -0.527. The predicted octanol–water partition coefficient (Wildman–Crippen LogP) is 2.45. The van der Waals surface area contributed by atoms with Crippen LogP contribution >= 0.6 is 15.9 Å². The summed E-state index contributed by atoms with van der Waals surface area (Å²) in [7, 11) is 1.51. The standard InChI is InChI=1S/C13H16BrNO4/c1-3-6-15(8-16)12(13(17)18)10-7-9(19-2)4-5-11(10)14/h4-5,7-8,12H,3,6H2,1-2H3,(H,17,18). The fourth-order valence-electron chi connectivity index (χ4n) is 1.81. The summed E-state index contributed by atoms with van der Waals surface area (Å²) in [6, 6.07) is 4.02. The summed E-state index contributed by atoms with van der Waals surface area (Å²) in [5, 5.41) is 9.38. The lowest BCUT2D eigenvalue weighted by Crippen LogP contribution is -2.34. The maximum absolute atomic E-state index is 11.5. The van der Waals surface area contributed by atoms with Crippen LogP contribution in [0.25, 0.3) is 0 Å². The molecule has 1 unspecified atom stereocenters. The lowest BCUT2D eigenvalue weighted by atomic mass is 10.1. The van der Waals surface area contributed by atoms with E-state index in [-0.39, 0.29) is 0 Å². The van der Waals surface area contributed by atoms with E-state index in [4.69, 9.17) is 4.74 Å². The Morgan fingerprint density at radius 1 is 1.58 bits per heavy atom. The lowest BCUT2D eigenvalue weighted by Gasteiger charge is -2.26. The molecule has 0 bridgehead atoms. The van der Waals surface area contributed by atoms with Gasteiger partial charge in [0.2, 0.25) is 6.41 Å². The Balaban J connectivity index is 3.25. The van der Waals surface area contributed by atoms with Crippen LogP contribution in [0.15, 0.2) is 22.7 Å². The number of nitrogens with zero attached hydrogens (tertiary/aromatic N) is 1. The summed E-state index contributed by atoms with van der Waals surface area (Å²) in [5.41, 5.74) is 0.493. The first-order valence-electron chi connectivity index (χ1n) is 5.82. The minimum atomic E-state index is -1.07. The Morgan fingerprint density at radius 3 is 2.74 bits per heavy atom. The number of aliphatic carboxylic acids is 1. The Hall–Kier alpha value is -1.56. The molecular formula is C13H16BrNO4. The van der Waals surface area contributed by atoms with E-state index in [1.165, 1.54) is 12.0 Å². The van der Waals surface area contributed by atoms with Crippen molar-refractivity contribution >= 4 is 28.3 Å². The number of hydrogen-bond acceptors (Lipinski definition) is 3. The quantitative estimate of drug-likeness (QED) is 0.780. The molecule has 1 atom stereocenters. The predicted molar refractivity (Wildman–Crippen MR) is 74.1 cm³/mol. The van der Waals surface area contributed by atoms with E-state index in [1.54, 1.807) is 18.2 Å². The zero-order valence-corrected chi connectivity index (χ0v) is 12.4. The zero-order chi connectivity index (χ0) is 14.4. The van der Waals surface area contributed by atoms with Gasteiger partial charge in [0.15, 0.2) is 6.04 Å². The van der Waals surface area contributed by atoms with Crippen LogP contribution in [0.5, 0.6) is 5.75 Å². The second kappa shape index (κ2) is 7.13. The molecule has 0 radical (unpaired) electrons. The highest BCUT2D eigenvalue weighted by Gasteiger charge is 2.28. The SMILES string of the molecule is CCCN(C=O)C(C(=O)O)c1cc(OC)ccc1Br. The molecule has 0 aliphatic carbocycles. The number of halogens is 1. The van der Waals surface area contributed by atoms with Gasteiger partial charge in [-0.1, -0.05) is 22.9 Å². The van der Waals surface area contributed by atoms with Crippen molar-refractivity contribution in [2.24, 2.45) is 0 Å². The highest BCUT2D eigenvalue weighted by molar-refractivity contribution is 9.10. The molecule has 0 saturated carbocycles. The van der Waals surface area contributed by atoms with Crippen molar-refractivity contribution in [3.05, 3.63) is 28.2 Å². The summed E-state index contributed by atoms with van der Waals surface area (Å²) in [6.07, 6.45) is 1.25. The third-order valence-electron chi connectivity index (χ3n) is 2.68. The Labute approximate surface area is 120 Å². The van der Waals surface area contributed by atoms with Gasteiger partial charge in [-0.2, -0.15) is 0 Å². The molecule has 104 valence electrons. The van der Waals surface area contributed by atoms with E-state index in [1.807, 2.05) is 6.92 Å². The number of carboxylic acid groups (broad SMARTS) is 1. The number of carbonyl (C=O) groups is 2. The number of carbonyl (C=O) groups excluding carboxylic acids is 1. The van der Waals surface area contributed by atoms with Gasteiger partial charge in [-0.15, -0.1) is 0 Å². The summed E-state index contributed by atoms with van der Waals surface area (Å²) in [4.78, 5) is 23.8. The molecule has 0 heterocycles. The van der Waals surface area contributed by atoms with E-state index in [9.17, 15) is 14.7 Å². The Kier molecular flexibility index (Phi) is 5.82. The molecule has 19 heavy (non-hydrogen) atoms. The van der Waals surface area contributed by atoms with Gasteiger partial charge in [0.25, 0.3) is 0 Å². The van der Waals surface area contributed by atoms with Crippen LogP contribution in [0.2, 0.25) is 0 Å². The monoisotopic (exact) mass is 329 g/mol. The highest BCUT2D eigenvalue weighted by atomic mass is 79.9. The van der Waals surface area contributed by atoms with Crippen LogP contribution in [0, 0.1) is 0 Å². The van der Waals surface area contributed by atoms with Gasteiger partial charge in [0.05, 0.1) is 7.11 Å². The zero-order valence-electron chi connectivity index (χ0n) is 10.8. The van der Waals surface area contributed by atoms with E-state index in [2.05, 4.69) is 15.9 Å². The fraction of sp³-hybridized carbons (Fsp3) is 0.385. The van der Waals surface area contributed by atoms with Crippen molar-refractivity contribution in [3.63, 3.8) is 0 Å². The van der Waals surface area contributed by atoms with Gasteiger partial charge in [0, 0.05) is 16.6 Å². The van der Waals surface area contributed by atoms with Crippen LogP contribution < -0.4 is 4.74 Å². The van der Waals surface area contributed by atoms with Crippen molar-refractivity contribution in [1.29, 1.82) is 0 Å². The fourth-order valence-corrected chi connectivity index (χ4v) is 2.28. The maximum atomic E-state index is 11.5. The topological polar surface area (TPSA) is 66.8 Å². The third-order valence-corrected chi connectivity index (χ3v) is 3.40. The number of benzene rings is 1. The molecule has 0 aromatic heterocycles. The average molecular weight is 330 g/mol. The number of hydrogen-bond donors (Lipinski definition) is 1. The van der Waals surface area contributed by atoms with Crippen LogP contribution in [0.4, 0.5) is 0 Å². The molecule has 0 spiro atoms. The van der Waals surface area contributed by atoms with Gasteiger partial charge >= 0.3 is 5.97 Å². The average Bonchev–Trinajstić information content (AvgIpc) is 2.39. The molecule has 0 fully saturated rings. The van der Waals surface area contributed by atoms with Gasteiger partial charge in [-0.05, 0) is 24.6 Å². The van der Waals surface area contributed by atoms with Crippen molar-refractivity contribution in [3.8, 4) is 5.75 Å². The molecule has 0 aliphatic rings. The number of amides is 1. The first kappa shape index (κ1) is 15.5. The molecule has 0 saturated heterocycles. The summed E-state index contributed by atoms with van der Waals surface area (Å²) < 4.78 is 5.72. The van der Waals surface area contributed by atoms with Crippen LogP contribution in [0.1, 0.15) is 24.9 Å². The number of rotatable bonds is 7. The normalized spacial score (nSPS) is 11.7. The number of carboxylic acids is 1. The third kappa shape index (κ3) is 3.70. The molecule has 6 heteroatoms. The molecule has 5 nitrogen and oxygen atoms in total. The first-order valence-corrected chi connectivity index (χ1v) is 6.61. The molecule has 1 aromatic carbocycles. The van der Waals surface area contributed by atoms with Crippen molar-refractivity contribution in [2.75, 3.05) is 13.7 Å². The maximum Gasteiger partial charge on any atom is 0.331 e. The van der Waals surface area contributed by atoms with E-state index >= 15 is 0 Å². The van der Waals surface area contributed by atoms with E-state index in [0.717, 1.165) is 0 Å². The van der Waals surface area contributed by atoms with Crippen LogP contribution in [-0.4, -0.2) is 36.0 Å². The minimum absolute atomic E-state index is 0.379.